The van der Waals surface area contributed by atoms with Gasteiger partial charge in [0.2, 0.25) is 0 Å². The van der Waals surface area contributed by atoms with Crippen molar-refractivity contribution >= 4 is 0 Å². The van der Waals surface area contributed by atoms with Gasteiger partial charge in [-0.25, -0.2) is 0 Å². The SMILES string of the molecule is CCC(CC)n1ccc(CC(O)C2CCC2)n1. The molecular weight excluding hydrogens is 212 g/mol. The van der Waals surface area contributed by atoms with Gasteiger partial charge in [-0.3, -0.25) is 4.68 Å². The minimum atomic E-state index is -0.186. The Hall–Kier alpha value is -0.830. The third kappa shape index (κ3) is 2.89. The van der Waals surface area contributed by atoms with Gasteiger partial charge in [0.1, 0.15) is 0 Å². The van der Waals surface area contributed by atoms with Crippen LogP contribution in [0, 0.1) is 5.92 Å². The number of hydrogen-bond donors (Lipinski definition) is 1. The van der Waals surface area contributed by atoms with Crippen molar-refractivity contribution in [1.82, 2.24) is 9.78 Å². The molecule has 1 N–H and O–H groups in total. The van der Waals surface area contributed by atoms with Crippen LogP contribution in [0.15, 0.2) is 12.3 Å². The van der Waals surface area contributed by atoms with Crippen molar-refractivity contribution in [2.24, 2.45) is 5.92 Å². The molecule has 1 aromatic rings. The summed E-state index contributed by atoms with van der Waals surface area (Å²) in [5, 5.41) is 14.6. The molecule has 3 nitrogen and oxygen atoms in total. The summed E-state index contributed by atoms with van der Waals surface area (Å²) in [4.78, 5) is 0. The third-order valence-electron chi connectivity index (χ3n) is 4.09. The van der Waals surface area contributed by atoms with E-state index in [0.29, 0.717) is 12.0 Å². The Balaban J connectivity index is 1.92. The minimum Gasteiger partial charge on any atom is -0.392 e. The van der Waals surface area contributed by atoms with E-state index in [1.165, 1.54) is 19.3 Å². The van der Waals surface area contributed by atoms with E-state index in [-0.39, 0.29) is 6.10 Å². The molecule has 0 aliphatic heterocycles. The third-order valence-corrected chi connectivity index (χ3v) is 4.09. The normalized spacial score (nSPS) is 18.4. The first-order valence-electron chi connectivity index (χ1n) is 6.96. The zero-order valence-corrected chi connectivity index (χ0v) is 11.0. The summed E-state index contributed by atoms with van der Waals surface area (Å²) < 4.78 is 2.06. The lowest BCUT2D eigenvalue weighted by atomic mass is 9.80. The monoisotopic (exact) mass is 236 g/mol. The summed E-state index contributed by atoms with van der Waals surface area (Å²) >= 11 is 0. The lowest BCUT2D eigenvalue weighted by Crippen LogP contribution is -2.28. The highest BCUT2D eigenvalue weighted by Gasteiger charge is 2.26. The zero-order valence-electron chi connectivity index (χ0n) is 11.0. The smallest absolute Gasteiger partial charge is 0.0650 e. The number of rotatable bonds is 6. The molecule has 1 aromatic heterocycles. The molecule has 17 heavy (non-hydrogen) atoms. The Morgan fingerprint density at radius 3 is 2.65 bits per heavy atom. The lowest BCUT2D eigenvalue weighted by molar-refractivity contribution is 0.0621. The fourth-order valence-electron chi connectivity index (χ4n) is 2.56. The summed E-state index contributed by atoms with van der Waals surface area (Å²) in [6, 6.07) is 2.56. The molecule has 2 rings (SSSR count). The van der Waals surface area contributed by atoms with E-state index in [1.54, 1.807) is 0 Å². The Bertz CT molecular complexity index is 340. The lowest BCUT2D eigenvalue weighted by Gasteiger charge is -2.29. The summed E-state index contributed by atoms with van der Waals surface area (Å²) in [5.41, 5.74) is 1.04. The van der Waals surface area contributed by atoms with Gasteiger partial charge in [0.05, 0.1) is 17.8 Å². The number of aliphatic hydroxyl groups is 1. The number of hydrogen-bond acceptors (Lipinski definition) is 2. The Labute approximate surface area is 104 Å². The Morgan fingerprint density at radius 1 is 1.41 bits per heavy atom. The Morgan fingerprint density at radius 2 is 2.12 bits per heavy atom. The van der Waals surface area contributed by atoms with Crippen LogP contribution in [0.2, 0.25) is 0 Å². The minimum absolute atomic E-state index is 0.186. The second kappa shape index (κ2) is 5.67. The summed E-state index contributed by atoms with van der Waals surface area (Å²) in [6.45, 7) is 4.39. The first-order valence-corrected chi connectivity index (χ1v) is 6.96. The summed E-state index contributed by atoms with van der Waals surface area (Å²) in [5.74, 6) is 0.522. The van der Waals surface area contributed by atoms with Crippen LogP contribution in [-0.2, 0) is 6.42 Å². The molecule has 0 bridgehead atoms. The van der Waals surface area contributed by atoms with Crippen LogP contribution in [-0.4, -0.2) is 21.0 Å². The standard InChI is InChI=1S/C14H24N2O/c1-3-13(4-2)16-9-8-12(15-16)10-14(17)11-6-5-7-11/h8-9,11,13-14,17H,3-7,10H2,1-2H3. The molecule has 1 aliphatic rings. The van der Waals surface area contributed by atoms with Gasteiger partial charge in [-0.1, -0.05) is 20.3 Å². The maximum absolute atomic E-state index is 10.0. The van der Waals surface area contributed by atoms with Crippen molar-refractivity contribution in [3.8, 4) is 0 Å². The van der Waals surface area contributed by atoms with Crippen LogP contribution in [0.1, 0.15) is 57.7 Å². The topological polar surface area (TPSA) is 38.0 Å². The summed E-state index contributed by atoms with van der Waals surface area (Å²) in [7, 11) is 0. The molecule has 1 heterocycles. The largest absolute Gasteiger partial charge is 0.392 e. The van der Waals surface area contributed by atoms with E-state index in [0.717, 1.165) is 25.0 Å². The number of aromatic nitrogens is 2. The fraction of sp³-hybridized carbons (Fsp3) is 0.786. The van der Waals surface area contributed by atoms with Crippen LogP contribution in [0.4, 0.5) is 0 Å². The quantitative estimate of drug-likeness (QED) is 0.824. The molecule has 1 atom stereocenters. The van der Waals surface area contributed by atoms with Gasteiger partial charge in [0, 0.05) is 12.6 Å². The van der Waals surface area contributed by atoms with Crippen molar-refractivity contribution in [3.63, 3.8) is 0 Å². The van der Waals surface area contributed by atoms with Crippen molar-refractivity contribution in [2.75, 3.05) is 0 Å². The van der Waals surface area contributed by atoms with Crippen LogP contribution in [0.3, 0.4) is 0 Å². The van der Waals surface area contributed by atoms with Gasteiger partial charge >= 0.3 is 0 Å². The molecule has 0 radical (unpaired) electrons. The maximum Gasteiger partial charge on any atom is 0.0650 e. The van der Waals surface area contributed by atoms with Crippen molar-refractivity contribution in [2.45, 2.75) is 64.5 Å². The predicted octanol–water partition coefficient (Wildman–Crippen LogP) is 2.95. The second-order valence-corrected chi connectivity index (χ2v) is 5.22. The average molecular weight is 236 g/mol. The highest BCUT2D eigenvalue weighted by atomic mass is 16.3. The van der Waals surface area contributed by atoms with Crippen molar-refractivity contribution < 1.29 is 5.11 Å². The highest BCUT2D eigenvalue weighted by molar-refractivity contribution is 5.02. The average Bonchev–Trinajstić information content (AvgIpc) is 2.65. The van der Waals surface area contributed by atoms with Crippen LogP contribution >= 0.6 is 0 Å². The molecule has 0 aromatic carbocycles. The molecular formula is C14H24N2O. The van der Waals surface area contributed by atoms with E-state index in [2.05, 4.69) is 35.9 Å². The van der Waals surface area contributed by atoms with Gasteiger partial charge in [0.15, 0.2) is 0 Å². The first kappa shape index (κ1) is 12.6. The molecule has 3 heteroatoms. The van der Waals surface area contributed by atoms with Crippen molar-refractivity contribution in [1.29, 1.82) is 0 Å². The second-order valence-electron chi connectivity index (χ2n) is 5.22. The van der Waals surface area contributed by atoms with E-state index < -0.39 is 0 Å². The van der Waals surface area contributed by atoms with E-state index in [9.17, 15) is 5.11 Å². The Kier molecular flexibility index (Phi) is 4.21. The molecule has 0 saturated heterocycles. The number of nitrogens with zero attached hydrogens (tertiary/aromatic N) is 2. The molecule has 1 unspecified atom stereocenters. The highest BCUT2D eigenvalue weighted by Crippen LogP contribution is 2.30. The van der Waals surface area contributed by atoms with Crippen LogP contribution in [0.25, 0.3) is 0 Å². The zero-order chi connectivity index (χ0) is 12.3. The molecule has 0 amide bonds. The van der Waals surface area contributed by atoms with Crippen molar-refractivity contribution in [3.05, 3.63) is 18.0 Å². The fourth-order valence-corrected chi connectivity index (χ4v) is 2.56. The maximum atomic E-state index is 10.0. The molecule has 1 saturated carbocycles. The van der Waals surface area contributed by atoms with Gasteiger partial charge in [-0.15, -0.1) is 0 Å². The predicted molar refractivity (Wildman–Crippen MR) is 68.9 cm³/mol. The van der Waals surface area contributed by atoms with Gasteiger partial charge in [0.25, 0.3) is 0 Å². The van der Waals surface area contributed by atoms with Crippen LogP contribution in [0.5, 0.6) is 0 Å². The first-order chi connectivity index (χ1) is 8.24. The van der Waals surface area contributed by atoms with Gasteiger partial charge < -0.3 is 5.11 Å². The molecule has 0 spiro atoms. The van der Waals surface area contributed by atoms with Gasteiger partial charge in [-0.05, 0) is 37.7 Å². The molecule has 1 aliphatic carbocycles. The molecule has 1 fully saturated rings. The van der Waals surface area contributed by atoms with Gasteiger partial charge in [-0.2, -0.15) is 5.10 Å². The van der Waals surface area contributed by atoms with E-state index >= 15 is 0 Å². The molecule has 96 valence electrons. The van der Waals surface area contributed by atoms with E-state index in [4.69, 9.17) is 0 Å². The van der Waals surface area contributed by atoms with E-state index in [1.807, 2.05) is 0 Å². The van der Waals surface area contributed by atoms with Crippen LogP contribution < -0.4 is 0 Å². The number of aliphatic hydroxyl groups excluding tert-OH is 1. The summed E-state index contributed by atoms with van der Waals surface area (Å²) in [6.07, 6.45) is 8.48.